The van der Waals surface area contributed by atoms with E-state index in [9.17, 15) is 4.79 Å². The first-order chi connectivity index (χ1) is 11.3. The Labute approximate surface area is 138 Å². The van der Waals surface area contributed by atoms with Gasteiger partial charge in [0, 0.05) is 31.4 Å². The van der Waals surface area contributed by atoms with Crippen LogP contribution in [0.5, 0.6) is 0 Å². The van der Waals surface area contributed by atoms with E-state index in [0.717, 1.165) is 44.6 Å². The molecule has 1 saturated carbocycles. The summed E-state index contributed by atoms with van der Waals surface area (Å²) in [6.45, 7) is 1.61. The lowest BCUT2D eigenvalue weighted by molar-refractivity contribution is 0.178. The highest BCUT2D eigenvalue weighted by molar-refractivity contribution is 5.74. The minimum atomic E-state index is 0.123. The molecule has 2 aliphatic rings. The molecule has 23 heavy (non-hydrogen) atoms. The van der Waals surface area contributed by atoms with Crippen LogP contribution in [0.15, 0.2) is 18.6 Å². The zero-order valence-corrected chi connectivity index (χ0v) is 13.7. The van der Waals surface area contributed by atoms with Crippen molar-refractivity contribution in [2.24, 2.45) is 0 Å². The SMILES string of the molecule is O=C(NC1CCCCCC1)N1CCC(Nc2ccncn2)CC1. The molecule has 2 amide bonds. The minimum Gasteiger partial charge on any atom is -0.367 e. The van der Waals surface area contributed by atoms with E-state index in [0.29, 0.717) is 12.1 Å². The Bertz CT molecular complexity index is 479. The molecule has 1 saturated heterocycles. The lowest BCUT2D eigenvalue weighted by Gasteiger charge is -2.33. The summed E-state index contributed by atoms with van der Waals surface area (Å²) >= 11 is 0. The van der Waals surface area contributed by atoms with E-state index < -0.39 is 0 Å². The monoisotopic (exact) mass is 317 g/mol. The molecule has 0 aromatic carbocycles. The maximum atomic E-state index is 12.4. The van der Waals surface area contributed by atoms with Crippen molar-refractivity contribution in [3.8, 4) is 0 Å². The number of hydrogen-bond donors (Lipinski definition) is 2. The van der Waals surface area contributed by atoms with Gasteiger partial charge >= 0.3 is 6.03 Å². The van der Waals surface area contributed by atoms with Crippen LogP contribution in [0.25, 0.3) is 0 Å². The Balaban J connectivity index is 1.42. The topological polar surface area (TPSA) is 70.2 Å². The van der Waals surface area contributed by atoms with Gasteiger partial charge in [0.25, 0.3) is 0 Å². The number of nitrogens with zero attached hydrogens (tertiary/aromatic N) is 3. The number of aromatic nitrogens is 2. The van der Waals surface area contributed by atoms with Crippen LogP contribution >= 0.6 is 0 Å². The van der Waals surface area contributed by atoms with Crippen LogP contribution in [0.4, 0.5) is 10.6 Å². The van der Waals surface area contributed by atoms with Crippen LogP contribution in [0.2, 0.25) is 0 Å². The molecule has 6 heteroatoms. The fourth-order valence-corrected chi connectivity index (χ4v) is 3.50. The van der Waals surface area contributed by atoms with Crippen molar-refractivity contribution in [2.45, 2.75) is 63.5 Å². The van der Waals surface area contributed by atoms with E-state index in [1.807, 2.05) is 11.0 Å². The molecule has 0 bridgehead atoms. The molecule has 0 unspecified atom stereocenters. The first-order valence-electron chi connectivity index (χ1n) is 8.89. The van der Waals surface area contributed by atoms with Gasteiger partial charge < -0.3 is 15.5 Å². The van der Waals surface area contributed by atoms with Gasteiger partial charge in [0.1, 0.15) is 12.1 Å². The molecule has 6 nitrogen and oxygen atoms in total. The van der Waals surface area contributed by atoms with Crippen LogP contribution in [0, 0.1) is 0 Å². The van der Waals surface area contributed by atoms with Gasteiger partial charge in [-0.3, -0.25) is 0 Å². The normalized spacial score (nSPS) is 20.8. The first-order valence-corrected chi connectivity index (χ1v) is 8.89. The largest absolute Gasteiger partial charge is 0.367 e. The Morgan fingerprint density at radius 2 is 1.78 bits per heavy atom. The zero-order valence-electron chi connectivity index (χ0n) is 13.7. The van der Waals surface area contributed by atoms with Crippen LogP contribution in [-0.4, -0.2) is 46.1 Å². The predicted molar refractivity (Wildman–Crippen MR) is 90.3 cm³/mol. The number of likely N-dealkylation sites (tertiary alicyclic amines) is 1. The van der Waals surface area contributed by atoms with Crippen molar-refractivity contribution in [3.63, 3.8) is 0 Å². The van der Waals surface area contributed by atoms with Crippen LogP contribution < -0.4 is 10.6 Å². The lowest BCUT2D eigenvalue weighted by Crippen LogP contribution is -2.49. The van der Waals surface area contributed by atoms with E-state index >= 15 is 0 Å². The van der Waals surface area contributed by atoms with Gasteiger partial charge in [0.05, 0.1) is 0 Å². The second-order valence-electron chi connectivity index (χ2n) is 6.64. The van der Waals surface area contributed by atoms with Crippen LogP contribution in [0.1, 0.15) is 51.4 Å². The van der Waals surface area contributed by atoms with E-state index in [2.05, 4.69) is 20.6 Å². The van der Waals surface area contributed by atoms with Crippen molar-refractivity contribution in [2.75, 3.05) is 18.4 Å². The molecule has 2 fully saturated rings. The molecule has 1 aromatic heterocycles. The summed E-state index contributed by atoms with van der Waals surface area (Å²) in [5, 5.41) is 6.66. The molecule has 0 radical (unpaired) electrons. The van der Waals surface area contributed by atoms with Gasteiger partial charge in [-0.25, -0.2) is 14.8 Å². The second kappa shape index (κ2) is 8.13. The summed E-state index contributed by atoms with van der Waals surface area (Å²) in [5.41, 5.74) is 0. The molecular weight excluding hydrogens is 290 g/mol. The third-order valence-corrected chi connectivity index (χ3v) is 4.90. The fraction of sp³-hybridized carbons (Fsp3) is 0.706. The maximum Gasteiger partial charge on any atom is 0.317 e. The summed E-state index contributed by atoms with van der Waals surface area (Å²) < 4.78 is 0. The number of carbonyl (C=O) groups is 1. The molecule has 1 aromatic rings. The summed E-state index contributed by atoms with van der Waals surface area (Å²) in [6, 6.07) is 2.76. The molecular formula is C17H27N5O. The molecule has 0 spiro atoms. The van der Waals surface area contributed by atoms with Gasteiger partial charge in [0.15, 0.2) is 0 Å². The van der Waals surface area contributed by atoms with Crippen LogP contribution in [0.3, 0.4) is 0 Å². The van der Waals surface area contributed by atoms with Gasteiger partial charge in [-0.1, -0.05) is 25.7 Å². The number of nitrogens with one attached hydrogen (secondary N) is 2. The Hall–Kier alpha value is -1.85. The van der Waals surface area contributed by atoms with Crippen molar-refractivity contribution >= 4 is 11.8 Å². The standard InChI is InChI=1S/C17H27N5O/c23-17(21-14-5-3-1-2-4-6-14)22-11-8-15(9-12-22)20-16-7-10-18-13-19-16/h7,10,13-15H,1-6,8-9,11-12H2,(H,21,23)(H,18,19,20). The van der Waals surface area contributed by atoms with Crippen molar-refractivity contribution < 1.29 is 4.79 Å². The first kappa shape index (κ1) is 16.0. The highest BCUT2D eigenvalue weighted by Crippen LogP contribution is 2.19. The van der Waals surface area contributed by atoms with E-state index in [-0.39, 0.29) is 6.03 Å². The van der Waals surface area contributed by atoms with Gasteiger partial charge in [-0.15, -0.1) is 0 Å². The minimum absolute atomic E-state index is 0.123. The zero-order chi connectivity index (χ0) is 15.9. The Morgan fingerprint density at radius 3 is 2.43 bits per heavy atom. The van der Waals surface area contributed by atoms with E-state index in [1.165, 1.54) is 25.7 Å². The second-order valence-corrected chi connectivity index (χ2v) is 6.64. The number of anilines is 1. The number of carbonyl (C=O) groups excluding carboxylic acids is 1. The number of piperidine rings is 1. The third kappa shape index (κ3) is 4.81. The highest BCUT2D eigenvalue weighted by atomic mass is 16.2. The summed E-state index contributed by atoms with van der Waals surface area (Å²) in [6.07, 6.45) is 12.6. The summed E-state index contributed by atoms with van der Waals surface area (Å²) in [4.78, 5) is 22.5. The molecule has 2 heterocycles. The number of hydrogen-bond acceptors (Lipinski definition) is 4. The summed E-state index contributed by atoms with van der Waals surface area (Å²) in [5.74, 6) is 0.862. The molecule has 2 N–H and O–H groups in total. The number of rotatable bonds is 3. The smallest absolute Gasteiger partial charge is 0.317 e. The van der Waals surface area contributed by atoms with Gasteiger partial charge in [-0.2, -0.15) is 0 Å². The van der Waals surface area contributed by atoms with Crippen molar-refractivity contribution in [1.29, 1.82) is 0 Å². The maximum absolute atomic E-state index is 12.4. The molecule has 0 atom stereocenters. The van der Waals surface area contributed by atoms with E-state index in [1.54, 1.807) is 12.5 Å². The van der Waals surface area contributed by atoms with Crippen molar-refractivity contribution in [1.82, 2.24) is 20.2 Å². The molecule has 126 valence electrons. The third-order valence-electron chi connectivity index (χ3n) is 4.90. The van der Waals surface area contributed by atoms with Crippen molar-refractivity contribution in [3.05, 3.63) is 18.6 Å². The lowest BCUT2D eigenvalue weighted by atomic mass is 10.1. The fourth-order valence-electron chi connectivity index (χ4n) is 3.50. The molecule has 3 rings (SSSR count). The average molecular weight is 317 g/mol. The number of amides is 2. The van der Waals surface area contributed by atoms with Gasteiger partial charge in [-0.05, 0) is 31.7 Å². The van der Waals surface area contributed by atoms with E-state index in [4.69, 9.17) is 0 Å². The molecule has 1 aliphatic carbocycles. The molecule has 1 aliphatic heterocycles. The quantitative estimate of drug-likeness (QED) is 0.841. The Kier molecular flexibility index (Phi) is 5.66. The Morgan fingerprint density at radius 1 is 1.04 bits per heavy atom. The average Bonchev–Trinajstić information content (AvgIpc) is 2.85. The summed E-state index contributed by atoms with van der Waals surface area (Å²) in [7, 11) is 0. The van der Waals surface area contributed by atoms with Crippen LogP contribution in [-0.2, 0) is 0 Å². The van der Waals surface area contributed by atoms with Gasteiger partial charge in [0.2, 0.25) is 0 Å². The number of urea groups is 1. The predicted octanol–water partition coefficient (Wildman–Crippen LogP) is 2.79. The highest BCUT2D eigenvalue weighted by Gasteiger charge is 2.24.